The van der Waals surface area contributed by atoms with Crippen molar-refractivity contribution >= 4 is 36.8 Å². The van der Waals surface area contributed by atoms with Crippen molar-refractivity contribution in [1.29, 1.82) is 0 Å². The predicted octanol–water partition coefficient (Wildman–Crippen LogP) is 6.84. The van der Waals surface area contributed by atoms with Crippen LogP contribution in [0.3, 0.4) is 0 Å². The molecule has 1 aliphatic rings. The van der Waals surface area contributed by atoms with Gasteiger partial charge in [-0.1, -0.05) is 103 Å². The van der Waals surface area contributed by atoms with Crippen molar-refractivity contribution < 1.29 is 41.8 Å². The van der Waals surface area contributed by atoms with Crippen molar-refractivity contribution in [2.24, 2.45) is 0 Å². The first-order valence-electron chi connectivity index (χ1n) is 12.3. The van der Waals surface area contributed by atoms with Crippen molar-refractivity contribution in [1.82, 2.24) is 0 Å². The Morgan fingerprint density at radius 3 is 1.45 bits per heavy atom. The first-order chi connectivity index (χ1) is 17.8. The molecule has 0 fully saturated rings. The van der Waals surface area contributed by atoms with Crippen LogP contribution in [0.1, 0.15) is 25.7 Å². The average Bonchev–Trinajstić information content (AvgIpc) is 2.85. The second-order valence-corrected chi connectivity index (χ2v) is 10.4. The molecule has 3 aromatic rings. The number of aliphatic hydroxyl groups excluding tert-OH is 1. The molecule has 1 aliphatic carbocycles. The van der Waals surface area contributed by atoms with Gasteiger partial charge in [0, 0.05) is 44.1 Å². The summed E-state index contributed by atoms with van der Waals surface area (Å²) in [5, 5.41) is 13.3. The molecular weight excluding hydrogens is 599 g/mol. The van der Waals surface area contributed by atoms with Gasteiger partial charge in [0.1, 0.15) is 0 Å². The number of halogens is 4. The molecule has 38 heavy (non-hydrogen) atoms. The molecule has 0 bridgehead atoms. The van der Waals surface area contributed by atoms with Gasteiger partial charge in [-0.2, -0.15) is 0 Å². The standard InChI is InChI=1S/C21H22NOP.C8H12.BF4.Rh/c1-22(16-17-23)20-14-8-9-15-21(20)24(18-10-4-2-5-11-18)19-12-6-3-7-13-19;1-2-4-6-8-7-5-3-1;2-1(3,4)5;/h2-15,23H,16-17H2,1H3;1-2,7-8H,3-6H2;;/q;;-1;/b;2-1-,8-7-;;. The fourth-order valence-corrected chi connectivity index (χ4v) is 6.19. The van der Waals surface area contributed by atoms with Crippen LogP contribution >= 0.6 is 7.92 Å². The number of hydrogen-bond donors (Lipinski definition) is 1. The van der Waals surface area contributed by atoms with Gasteiger partial charge in [0.2, 0.25) is 0 Å². The largest absolute Gasteiger partial charge is 0.673 e. The van der Waals surface area contributed by atoms with Crippen molar-refractivity contribution in [3.8, 4) is 0 Å². The van der Waals surface area contributed by atoms with Crippen LogP contribution in [0.4, 0.5) is 23.0 Å². The molecule has 0 saturated heterocycles. The maximum atomic E-state index is 9.75. The number of rotatable bonds is 6. The van der Waals surface area contributed by atoms with Gasteiger partial charge in [-0.25, -0.2) is 0 Å². The Balaban J connectivity index is 0.000000427. The number of likely N-dealkylation sites (N-methyl/N-ethyl adjacent to an activating group) is 1. The third-order valence-electron chi connectivity index (χ3n) is 5.33. The minimum atomic E-state index is -6.00. The smallest absolute Gasteiger partial charge is 0.418 e. The number of hydrogen-bond acceptors (Lipinski definition) is 2. The number of anilines is 1. The quantitative estimate of drug-likeness (QED) is 0.139. The summed E-state index contributed by atoms with van der Waals surface area (Å²) < 4.78 is 39.0. The molecule has 0 amide bonds. The molecule has 0 spiro atoms. The zero-order chi connectivity index (χ0) is 26.9. The number of nitrogens with zero attached hydrogens (tertiary/aromatic N) is 1. The second kappa shape index (κ2) is 18.9. The Labute approximate surface area is 238 Å². The Morgan fingerprint density at radius 1 is 0.684 bits per heavy atom. The monoisotopic (exact) mass is 633 g/mol. The molecular formula is C29H34BF4NOPRh-. The van der Waals surface area contributed by atoms with E-state index < -0.39 is 15.2 Å². The van der Waals surface area contributed by atoms with Gasteiger partial charge in [-0.3, -0.25) is 0 Å². The molecule has 0 unspecified atom stereocenters. The molecule has 2 nitrogen and oxygen atoms in total. The van der Waals surface area contributed by atoms with Crippen molar-refractivity contribution in [3.05, 3.63) is 109 Å². The minimum absolute atomic E-state index is 0. The van der Waals surface area contributed by atoms with E-state index in [-0.39, 0.29) is 26.1 Å². The summed E-state index contributed by atoms with van der Waals surface area (Å²) in [4.78, 5) is 2.14. The summed E-state index contributed by atoms with van der Waals surface area (Å²) in [6.07, 6.45) is 14.0. The fourth-order valence-electron chi connectivity index (χ4n) is 3.68. The van der Waals surface area contributed by atoms with Gasteiger partial charge in [-0.15, -0.1) is 0 Å². The number of benzene rings is 3. The molecule has 0 heterocycles. The van der Waals surface area contributed by atoms with Crippen LogP contribution in [0.25, 0.3) is 0 Å². The van der Waals surface area contributed by atoms with Gasteiger partial charge in [0.15, 0.2) is 0 Å². The second-order valence-electron chi connectivity index (χ2n) is 8.23. The van der Waals surface area contributed by atoms with Crippen LogP contribution in [0.5, 0.6) is 0 Å². The van der Waals surface area contributed by atoms with E-state index in [1.165, 1.54) is 47.3 Å². The van der Waals surface area contributed by atoms with E-state index >= 15 is 0 Å². The van der Waals surface area contributed by atoms with Crippen molar-refractivity contribution in [3.63, 3.8) is 0 Å². The van der Waals surface area contributed by atoms with Crippen LogP contribution in [-0.4, -0.2) is 32.6 Å². The molecule has 3 aromatic carbocycles. The summed E-state index contributed by atoms with van der Waals surface area (Å²) >= 11 is 0. The summed E-state index contributed by atoms with van der Waals surface area (Å²) in [7, 11) is -4.59. The van der Waals surface area contributed by atoms with Crippen LogP contribution < -0.4 is 20.8 Å². The van der Waals surface area contributed by atoms with E-state index in [1.54, 1.807) is 0 Å². The van der Waals surface area contributed by atoms with E-state index in [1.807, 2.05) is 7.05 Å². The molecule has 1 radical (unpaired) electrons. The SMILES string of the molecule is C1=C\CC/C=C\CC/1.CN(CCO)c1ccccc1P(c1ccccc1)c1ccccc1.F[B-](F)(F)F.[Rh]. The van der Waals surface area contributed by atoms with E-state index in [0.29, 0.717) is 6.54 Å². The van der Waals surface area contributed by atoms with Crippen LogP contribution in [0.15, 0.2) is 109 Å². The summed E-state index contributed by atoms with van der Waals surface area (Å²) in [6.45, 7) is 0.781. The van der Waals surface area contributed by atoms with Gasteiger partial charge >= 0.3 is 7.25 Å². The molecule has 0 aliphatic heterocycles. The average molecular weight is 633 g/mol. The zero-order valence-corrected chi connectivity index (χ0v) is 23.9. The maximum Gasteiger partial charge on any atom is 0.673 e. The Hall–Kier alpha value is -2.26. The Kier molecular flexibility index (Phi) is 16.8. The van der Waals surface area contributed by atoms with Crippen molar-refractivity contribution in [2.75, 3.05) is 25.1 Å². The molecule has 9 heteroatoms. The predicted molar refractivity (Wildman–Crippen MR) is 152 cm³/mol. The molecule has 0 aromatic heterocycles. The maximum absolute atomic E-state index is 9.75. The molecule has 0 saturated carbocycles. The third kappa shape index (κ3) is 13.5. The minimum Gasteiger partial charge on any atom is -0.418 e. The molecule has 0 atom stereocenters. The number of aliphatic hydroxyl groups is 1. The molecule has 4 rings (SSSR count). The first kappa shape index (κ1) is 33.8. The van der Waals surface area contributed by atoms with Crippen LogP contribution in [0.2, 0.25) is 0 Å². The van der Waals surface area contributed by atoms with Gasteiger partial charge in [-0.05, 0) is 50.3 Å². The first-order valence-corrected chi connectivity index (χ1v) is 13.6. The van der Waals surface area contributed by atoms with E-state index in [2.05, 4.69) is 114 Å². The van der Waals surface area contributed by atoms with E-state index in [9.17, 15) is 22.4 Å². The number of allylic oxidation sites excluding steroid dienone is 4. The van der Waals surface area contributed by atoms with Gasteiger partial charge in [0.05, 0.1) is 6.61 Å². The van der Waals surface area contributed by atoms with Gasteiger partial charge in [0.25, 0.3) is 0 Å². The molecule has 207 valence electrons. The van der Waals surface area contributed by atoms with E-state index in [4.69, 9.17) is 0 Å². The normalized spacial score (nSPS) is 14.3. The number of para-hydroxylation sites is 1. The van der Waals surface area contributed by atoms with Crippen LogP contribution in [-0.2, 0) is 19.5 Å². The summed E-state index contributed by atoms with van der Waals surface area (Å²) in [6, 6.07) is 29.9. The van der Waals surface area contributed by atoms with Crippen LogP contribution in [0, 0.1) is 0 Å². The Morgan fingerprint density at radius 2 is 1.05 bits per heavy atom. The van der Waals surface area contributed by atoms with Crippen molar-refractivity contribution in [2.45, 2.75) is 25.7 Å². The third-order valence-corrected chi connectivity index (χ3v) is 7.82. The topological polar surface area (TPSA) is 23.5 Å². The van der Waals surface area contributed by atoms with E-state index in [0.717, 1.165) is 0 Å². The summed E-state index contributed by atoms with van der Waals surface area (Å²) in [5.74, 6) is 0. The van der Waals surface area contributed by atoms with Gasteiger partial charge < -0.3 is 27.3 Å². The summed E-state index contributed by atoms with van der Waals surface area (Å²) in [5.41, 5.74) is 1.19. The molecule has 1 N–H and O–H groups in total. The zero-order valence-electron chi connectivity index (χ0n) is 21.4. The fraction of sp³-hybridized carbons (Fsp3) is 0.241. The Bertz CT molecular complexity index is 1010.